The number of fused-ring (bicyclic) bond motifs is 1. The first-order valence-electron chi connectivity index (χ1n) is 4.15. The van der Waals surface area contributed by atoms with Gasteiger partial charge in [0, 0.05) is 12.4 Å². The topological polar surface area (TPSA) is 56.2 Å². The molecule has 0 atom stereocenters. The molecular weight excluding hydrogens is 350 g/mol. The van der Waals surface area contributed by atoms with E-state index in [9.17, 15) is 0 Å². The Hall–Kier alpha value is 0.925. The van der Waals surface area contributed by atoms with E-state index in [1.807, 2.05) is 13.8 Å². The first-order chi connectivity index (χ1) is 6.70. The van der Waals surface area contributed by atoms with E-state index in [1.165, 1.54) is 0 Å². The number of hydrogen-bond donors (Lipinski definition) is 1. The van der Waals surface area contributed by atoms with Gasteiger partial charge >= 0.3 is 58.2 Å². The largest absolute Gasteiger partial charge is 1.00 e. The van der Waals surface area contributed by atoms with Crippen LogP contribution in [0.4, 0.5) is 5.82 Å². The third kappa shape index (κ3) is 3.44. The van der Waals surface area contributed by atoms with Crippen LogP contribution in [0.25, 0.3) is 5.52 Å². The normalized spacial score (nSPS) is 9.00. The van der Waals surface area contributed by atoms with Crippen LogP contribution in [0.3, 0.4) is 0 Å². The Morgan fingerprint density at radius 3 is 2.60 bits per heavy atom. The maximum atomic E-state index is 5.62. The summed E-state index contributed by atoms with van der Waals surface area (Å²) < 4.78 is 2.35. The summed E-state index contributed by atoms with van der Waals surface area (Å²) in [6, 6.07) is 0. The second kappa shape index (κ2) is 7.29. The molecule has 2 rings (SSSR count). The van der Waals surface area contributed by atoms with E-state index in [4.69, 9.17) is 18.4 Å². The number of rotatable bonds is 0. The minimum atomic E-state index is 0. The van der Waals surface area contributed by atoms with Crippen molar-refractivity contribution in [2.24, 2.45) is 0 Å². The van der Waals surface area contributed by atoms with E-state index in [1.54, 1.807) is 16.8 Å². The van der Waals surface area contributed by atoms with Crippen LogP contribution in [0.5, 0.6) is 0 Å². The van der Waals surface area contributed by atoms with Crippen LogP contribution in [-0.4, -0.2) is 14.4 Å². The van der Waals surface area contributed by atoms with Gasteiger partial charge in [-0.15, -0.1) is 0 Å². The second-order valence-corrected chi connectivity index (χ2v) is 3.33. The van der Waals surface area contributed by atoms with Crippen molar-refractivity contribution in [1.82, 2.24) is 14.4 Å². The van der Waals surface area contributed by atoms with Crippen molar-refractivity contribution >= 4 is 39.9 Å². The number of aromatic nitrogens is 3. The summed E-state index contributed by atoms with van der Waals surface area (Å²) in [6.07, 6.45) is 3.32. The van der Waals surface area contributed by atoms with Gasteiger partial charge in [-0.2, -0.15) is 0 Å². The second-order valence-electron chi connectivity index (χ2n) is 2.22. The molecular formula is C8H10BrN4RbS. The molecule has 0 unspecified atom stereocenters. The smallest absolute Gasteiger partial charge is 0.742 e. The molecule has 0 aliphatic rings. The molecule has 0 saturated carbocycles. The third-order valence-electron chi connectivity index (χ3n) is 1.51. The molecule has 0 radical (unpaired) electrons. The average Bonchev–Trinajstić information content (AvgIpc) is 2.47. The van der Waals surface area contributed by atoms with Gasteiger partial charge in [0.15, 0.2) is 5.82 Å². The molecule has 0 aromatic carbocycles. The van der Waals surface area contributed by atoms with Gasteiger partial charge in [0.05, 0.1) is 0 Å². The van der Waals surface area contributed by atoms with Gasteiger partial charge in [0.2, 0.25) is 0 Å². The molecule has 0 aliphatic carbocycles. The number of imidazole rings is 1. The molecule has 2 aromatic heterocycles. The molecule has 15 heavy (non-hydrogen) atoms. The van der Waals surface area contributed by atoms with E-state index in [0.717, 1.165) is 5.52 Å². The van der Waals surface area contributed by atoms with Crippen LogP contribution in [-0.2, 0) is 12.6 Å². The molecule has 0 aliphatic heterocycles. The fourth-order valence-corrected chi connectivity index (χ4v) is 1.92. The van der Waals surface area contributed by atoms with E-state index >= 15 is 0 Å². The maximum Gasteiger partial charge on any atom is 1.00 e. The number of nitrogen functional groups attached to an aromatic ring is 1. The molecule has 7 heteroatoms. The van der Waals surface area contributed by atoms with Crippen molar-refractivity contribution in [3.8, 4) is 0 Å². The number of nitrogens with two attached hydrogens (primary N) is 1. The first-order valence-corrected chi connectivity index (χ1v) is 5.35. The van der Waals surface area contributed by atoms with Crippen molar-refractivity contribution in [3.05, 3.63) is 17.0 Å². The standard InChI is InChI=1S/C6H5BrN4S.C2H6.Rb/c7-4-3-5(8)9-1-2-11(3)6(12)10-4;1-2;/h1-2H,(H2,8,9)(H,10,12);1-2H3;/q;;+1/p-1. The number of nitrogens with zero attached hydrogens (tertiary/aromatic N) is 3. The van der Waals surface area contributed by atoms with Crippen molar-refractivity contribution in [3.63, 3.8) is 0 Å². The molecule has 0 saturated heterocycles. The van der Waals surface area contributed by atoms with E-state index < -0.39 is 0 Å². The van der Waals surface area contributed by atoms with Crippen LogP contribution in [0.2, 0.25) is 0 Å². The Labute approximate surface area is 151 Å². The van der Waals surface area contributed by atoms with Gasteiger partial charge in [-0.25, -0.2) is 9.97 Å². The maximum absolute atomic E-state index is 5.62. The quantitative estimate of drug-likeness (QED) is 0.614. The monoisotopic (exact) mass is 358 g/mol. The van der Waals surface area contributed by atoms with Crippen LogP contribution in [0.1, 0.15) is 13.8 Å². The van der Waals surface area contributed by atoms with Gasteiger partial charge < -0.3 is 22.8 Å². The molecule has 76 valence electrons. The Kier molecular flexibility index (Phi) is 7.74. The van der Waals surface area contributed by atoms with Gasteiger partial charge in [-0.1, -0.05) is 13.8 Å². The van der Waals surface area contributed by atoms with Crippen LogP contribution < -0.4 is 63.9 Å². The first kappa shape index (κ1) is 15.9. The van der Waals surface area contributed by atoms with Crippen LogP contribution in [0.15, 0.2) is 22.2 Å². The van der Waals surface area contributed by atoms with Crippen LogP contribution >= 0.6 is 15.9 Å². The Morgan fingerprint density at radius 1 is 1.47 bits per heavy atom. The molecule has 0 spiro atoms. The van der Waals surface area contributed by atoms with Crippen LogP contribution in [0, 0.1) is 0 Å². The molecule has 2 N–H and O–H groups in total. The molecule has 4 nitrogen and oxygen atoms in total. The van der Waals surface area contributed by atoms with Crippen molar-refractivity contribution in [2.45, 2.75) is 19.0 Å². The van der Waals surface area contributed by atoms with Gasteiger partial charge in [0.1, 0.15) is 10.1 Å². The van der Waals surface area contributed by atoms with Crippen molar-refractivity contribution in [1.29, 1.82) is 0 Å². The third-order valence-corrected chi connectivity index (χ3v) is 2.35. The predicted octanol–water partition coefficient (Wildman–Crippen LogP) is -0.990. The molecule has 0 fully saturated rings. The van der Waals surface area contributed by atoms with Gasteiger partial charge in [0.25, 0.3) is 0 Å². The summed E-state index contributed by atoms with van der Waals surface area (Å²) in [4.78, 5) is 7.95. The minimum absolute atomic E-state index is 0. The summed E-state index contributed by atoms with van der Waals surface area (Å²) in [5, 5.41) is 0.478. The molecule has 2 heterocycles. The SMILES string of the molecule is CC.Nc1nccn2c([S-])nc(Br)c12.[Rb+]. The number of hydrogen-bond acceptors (Lipinski definition) is 4. The summed E-state index contributed by atoms with van der Waals surface area (Å²) >= 11 is 8.22. The molecule has 0 amide bonds. The fourth-order valence-electron chi connectivity index (χ4n) is 0.995. The van der Waals surface area contributed by atoms with E-state index in [2.05, 4.69) is 25.9 Å². The molecule has 2 aromatic rings. The zero-order valence-electron chi connectivity index (χ0n) is 8.86. The Balaban J connectivity index is 0.000000617. The summed E-state index contributed by atoms with van der Waals surface area (Å²) in [5.74, 6) is 0.424. The zero-order valence-corrected chi connectivity index (χ0v) is 16.2. The summed E-state index contributed by atoms with van der Waals surface area (Å²) in [6.45, 7) is 4.00. The fraction of sp³-hybridized carbons (Fsp3) is 0.250. The Bertz CT molecular complexity index is 445. The minimum Gasteiger partial charge on any atom is -0.742 e. The number of anilines is 1. The summed E-state index contributed by atoms with van der Waals surface area (Å²) in [7, 11) is 0. The van der Waals surface area contributed by atoms with Crippen molar-refractivity contribution < 1.29 is 58.2 Å². The van der Waals surface area contributed by atoms with Gasteiger partial charge in [-0.3, -0.25) is 0 Å². The van der Waals surface area contributed by atoms with Crippen molar-refractivity contribution in [2.75, 3.05) is 5.73 Å². The van der Waals surface area contributed by atoms with E-state index in [0.29, 0.717) is 15.6 Å². The predicted molar refractivity (Wildman–Crippen MR) is 62.1 cm³/mol. The zero-order chi connectivity index (χ0) is 10.7. The number of halogens is 1. The average molecular weight is 360 g/mol. The summed E-state index contributed by atoms with van der Waals surface area (Å²) in [5.41, 5.74) is 6.35. The van der Waals surface area contributed by atoms with E-state index in [-0.39, 0.29) is 58.2 Å². The molecule has 0 bridgehead atoms. The van der Waals surface area contributed by atoms with Gasteiger partial charge in [-0.05, 0) is 21.1 Å². The Morgan fingerprint density at radius 2 is 2.07 bits per heavy atom.